The van der Waals surface area contributed by atoms with Crippen molar-refractivity contribution in [1.29, 1.82) is 0 Å². The maximum atomic E-state index is 9.59. The fraction of sp³-hybridized carbons (Fsp3) is 0.750. The zero-order valence-electron chi connectivity index (χ0n) is 5.82. The van der Waals surface area contributed by atoms with Crippen LogP contribution in [0.4, 0.5) is 4.79 Å². The number of hydrogen-bond donors (Lipinski definition) is 1. The number of methoxy groups -OCH3 is 1. The molecule has 0 amide bonds. The van der Waals surface area contributed by atoms with E-state index in [-0.39, 0.29) is 5.87 Å². The van der Waals surface area contributed by atoms with Gasteiger partial charge in [-0.2, -0.15) is 0 Å². The Kier molecular flexibility index (Phi) is 12.7. The van der Waals surface area contributed by atoms with Crippen molar-refractivity contribution in [2.24, 2.45) is 0 Å². The lowest BCUT2D eigenvalue weighted by molar-refractivity contribution is 0.198. The SMILES string of the molecule is BC(=O)OC.CNC. The van der Waals surface area contributed by atoms with E-state index in [1.165, 1.54) is 15.0 Å². The number of rotatable bonds is 0. The molecule has 48 valence electrons. The Bertz CT molecular complexity index is 58.0. The molecule has 4 heteroatoms. The van der Waals surface area contributed by atoms with Crippen LogP contribution in [0.3, 0.4) is 0 Å². The van der Waals surface area contributed by atoms with E-state index >= 15 is 0 Å². The van der Waals surface area contributed by atoms with Gasteiger partial charge in [0.1, 0.15) is 0 Å². The van der Waals surface area contributed by atoms with E-state index in [1.807, 2.05) is 14.1 Å². The van der Waals surface area contributed by atoms with Crippen LogP contribution in [0.15, 0.2) is 0 Å². The van der Waals surface area contributed by atoms with E-state index in [9.17, 15) is 4.79 Å². The normalized spacial score (nSPS) is 6.38. The molecular formula is C4H12BNO2. The van der Waals surface area contributed by atoms with Crippen LogP contribution in [0.2, 0.25) is 0 Å². The summed E-state index contributed by atoms with van der Waals surface area (Å²) in [4.78, 5) is 9.59. The van der Waals surface area contributed by atoms with E-state index in [0.717, 1.165) is 0 Å². The van der Waals surface area contributed by atoms with E-state index in [0.29, 0.717) is 0 Å². The second kappa shape index (κ2) is 9.71. The highest BCUT2D eigenvalue weighted by atomic mass is 16.5. The summed E-state index contributed by atoms with van der Waals surface area (Å²) >= 11 is 0. The van der Waals surface area contributed by atoms with Gasteiger partial charge in [-0.05, 0) is 14.1 Å². The van der Waals surface area contributed by atoms with Gasteiger partial charge >= 0.3 is 0 Å². The Morgan fingerprint density at radius 1 is 1.62 bits per heavy atom. The summed E-state index contributed by atoms with van der Waals surface area (Å²) in [5.74, 6) is -0.245. The summed E-state index contributed by atoms with van der Waals surface area (Å²) in [6, 6.07) is 0. The minimum absolute atomic E-state index is 0.245. The maximum Gasteiger partial charge on any atom is 0.242 e. The molecule has 0 aliphatic heterocycles. The van der Waals surface area contributed by atoms with Crippen LogP contribution in [-0.4, -0.2) is 34.9 Å². The summed E-state index contributed by atoms with van der Waals surface area (Å²) in [5.41, 5.74) is 0. The lowest BCUT2D eigenvalue weighted by Gasteiger charge is -1.81. The van der Waals surface area contributed by atoms with Crippen LogP contribution in [0.25, 0.3) is 0 Å². The van der Waals surface area contributed by atoms with E-state index in [2.05, 4.69) is 10.1 Å². The monoisotopic (exact) mass is 117 g/mol. The minimum Gasteiger partial charge on any atom is -0.477 e. The minimum atomic E-state index is -0.245. The highest BCUT2D eigenvalue weighted by molar-refractivity contribution is 6.55. The molecule has 0 unspecified atom stereocenters. The highest BCUT2D eigenvalue weighted by Gasteiger charge is 1.76. The van der Waals surface area contributed by atoms with Gasteiger partial charge in [-0.1, -0.05) is 0 Å². The number of ether oxygens (including phenoxy) is 1. The summed E-state index contributed by atoms with van der Waals surface area (Å²) in [5, 5.41) is 2.75. The van der Waals surface area contributed by atoms with Gasteiger partial charge in [-0.25, -0.2) is 0 Å². The fourth-order valence-electron chi connectivity index (χ4n) is 0. The predicted octanol–water partition coefficient (Wildman–Crippen LogP) is -0.778. The van der Waals surface area contributed by atoms with Crippen LogP contribution in [0, 0.1) is 0 Å². The standard InChI is InChI=1S/C2H5BO2.C2H7N/c1-5-2(3)4;1-3-2/h3H2,1H3;3H,1-2H3. The summed E-state index contributed by atoms with van der Waals surface area (Å²) in [7, 11) is 6.46. The van der Waals surface area contributed by atoms with Crippen LogP contribution < -0.4 is 5.32 Å². The topological polar surface area (TPSA) is 38.3 Å². The first-order valence-corrected chi connectivity index (χ1v) is 2.32. The number of hydrogen-bond acceptors (Lipinski definition) is 3. The number of nitrogens with one attached hydrogen (secondary N) is 1. The van der Waals surface area contributed by atoms with Crippen molar-refractivity contribution in [3.8, 4) is 0 Å². The van der Waals surface area contributed by atoms with Crippen LogP contribution in [-0.2, 0) is 4.74 Å². The number of carbonyl (C=O) groups excluding carboxylic acids is 1. The molecule has 0 radical (unpaired) electrons. The van der Waals surface area contributed by atoms with Gasteiger partial charge in [0.15, 0.2) is 0 Å². The molecule has 0 saturated heterocycles. The molecule has 0 rings (SSSR count). The Morgan fingerprint density at radius 2 is 1.75 bits per heavy atom. The molecule has 1 N–H and O–H groups in total. The average molecular weight is 117 g/mol. The molecule has 0 aromatic rings. The Balaban J connectivity index is 0. The van der Waals surface area contributed by atoms with Crippen molar-refractivity contribution in [3.63, 3.8) is 0 Å². The third kappa shape index (κ3) is 49.7. The van der Waals surface area contributed by atoms with Crippen molar-refractivity contribution in [2.75, 3.05) is 21.2 Å². The summed E-state index contributed by atoms with van der Waals surface area (Å²) in [6.45, 7) is 0. The molecule has 0 saturated carbocycles. The second-order valence-corrected chi connectivity index (χ2v) is 1.20. The molecule has 0 heterocycles. The van der Waals surface area contributed by atoms with Gasteiger partial charge < -0.3 is 10.1 Å². The van der Waals surface area contributed by atoms with Crippen LogP contribution >= 0.6 is 0 Å². The van der Waals surface area contributed by atoms with Gasteiger partial charge in [0.2, 0.25) is 13.7 Å². The van der Waals surface area contributed by atoms with Gasteiger partial charge in [0.05, 0.1) is 7.11 Å². The quantitative estimate of drug-likeness (QED) is 0.423. The first-order chi connectivity index (χ1) is 3.68. The van der Waals surface area contributed by atoms with Crippen molar-refractivity contribution >= 4 is 13.7 Å². The van der Waals surface area contributed by atoms with Gasteiger partial charge in [0, 0.05) is 0 Å². The Morgan fingerprint density at radius 3 is 1.75 bits per heavy atom. The van der Waals surface area contributed by atoms with E-state index < -0.39 is 0 Å². The molecule has 0 fully saturated rings. The summed E-state index contributed by atoms with van der Waals surface area (Å²) < 4.78 is 4.11. The third-order valence-corrected chi connectivity index (χ3v) is 0.287. The van der Waals surface area contributed by atoms with Crippen molar-refractivity contribution in [1.82, 2.24) is 5.32 Å². The summed E-state index contributed by atoms with van der Waals surface area (Å²) in [6.07, 6.45) is 0. The lowest BCUT2D eigenvalue weighted by Crippen LogP contribution is -1.92. The molecule has 0 aliphatic rings. The lowest BCUT2D eigenvalue weighted by atomic mass is 10.2. The van der Waals surface area contributed by atoms with Crippen LogP contribution in [0.1, 0.15) is 0 Å². The second-order valence-electron chi connectivity index (χ2n) is 1.20. The van der Waals surface area contributed by atoms with Crippen molar-refractivity contribution in [3.05, 3.63) is 0 Å². The van der Waals surface area contributed by atoms with Crippen molar-refractivity contribution in [2.45, 2.75) is 0 Å². The first-order valence-electron chi connectivity index (χ1n) is 2.32. The maximum absolute atomic E-state index is 9.59. The molecule has 3 nitrogen and oxygen atoms in total. The highest BCUT2D eigenvalue weighted by Crippen LogP contribution is 1.59. The van der Waals surface area contributed by atoms with Crippen molar-refractivity contribution < 1.29 is 9.53 Å². The van der Waals surface area contributed by atoms with E-state index in [1.54, 1.807) is 0 Å². The first kappa shape index (κ1) is 10.5. The molecule has 8 heavy (non-hydrogen) atoms. The van der Waals surface area contributed by atoms with Gasteiger partial charge in [0.25, 0.3) is 0 Å². The molecule has 0 aromatic carbocycles. The third-order valence-electron chi connectivity index (χ3n) is 0.287. The molecule has 0 aromatic heterocycles. The average Bonchev–Trinajstić information content (AvgIpc) is 1.69. The molecule has 0 spiro atoms. The zero-order chi connectivity index (χ0) is 6.99. The largest absolute Gasteiger partial charge is 0.477 e. The predicted molar refractivity (Wildman–Crippen MR) is 35.9 cm³/mol. The molecule has 0 atom stereocenters. The zero-order valence-corrected chi connectivity index (χ0v) is 5.82. The smallest absolute Gasteiger partial charge is 0.242 e. The molecular weight excluding hydrogens is 105 g/mol. The Labute approximate surface area is 50.8 Å². The number of carbonyl (C=O) groups is 1. The van der Waals surface area contributed by atoms with E-state index in [4.69, 9.17) is 0 Å². The van der Waals surface area contributed by atoms with Crippen LogP contribution in [0.5, 0.6) is 0 Å². The Hall–Kier alpha value is -0.505. The molecule has 0 aliphatic carbocycles. The van der Waals surface area contributed by atoms with Gasteiger partial charge in [-0.15, -0.1) is 0 Å². The fourth-order valence-corrected chi connectivity index (χ4v) is 0. The van der Waals surface area contributed by atoms with Gasteiger partial charge in [-0.3, -0.25) is 4.79 Å². The molecule has 0 bridgehead atoms.